The molecule has 0 unspecified atom stereocenters. The molecule has 0 bridgehead atoms. The van der Waals surface area contributed by atoms with Crippen molar-refractivity contribution in [3.63, 3.8) is 0 Å². The van der Waals surface area contributed by atoms with Gasteiger partial charge in [0.2, 0.25) is 0 Å². The van der Waals surface area contributed by atoms with Crippen molar-refractivity contribution in [2.24, 2.45) is 0 Å². The minimum absolute atomic E-state index is 0.0490. The van der Waals surface area contributed by atoms with Crippen molar-refractivity contribution >= 4 is 28.9 Å². The zero-order valence-corrected chi connectivity index (χ0v) is 15.5. The average molecular weight is 391 g/mol. The number of nitriles is 1. The fourth-order valence-electron chi connectivity index (χ4n) is 2.54. The van der Waals surface area contributed by atoms with Gasteiger partial charge in [0.1, 0.15) is 12.4 Å². The van der Waals surface area contributed by atoms with Crippen LogP contribution in [0.2, 0.25) is 5.02 Å². The van der Waals surface area contributed by atoms with Gasteiger partial charge < -0.3 is 4.74 Å². The Morgan fingerprint density at radius 2 is 1.82 bits per heavy atom. The zero-order chi connectivity index (χ0) is 19.9. The molecule has 6 heteroatoms. The lowest BCUT2D eigenvalue weighted by Crippen LogP contribution is -1.96. The number of allylic oxidation sites excluding steroid dienone is 1. The Bertz CT molecular complexity index is 1050. The molecule has 28 heavy (non-hydrogen) atoms. The first kappa shape index (κ1) is 19.2. The number of halogens is 1. The molecular weight excluding hydrogens is 376 g/mol. The smallest absolute Gasteiger partial charge is 0.269 e. The standard InChI is InChI=1S/C22H15ClN2O3/c23-20-3-1-2-18(13-20)19(14-24)12-16-6-10-22(11-7-16)28-15-17-4-8-21(9-5-17)25(26)27/h1-13H,15H2/b19-12-. The third kappa shape index (κ3) is 4.97. The van der Waals surface area contributed by atoms with E-state index in [9.17, 15) is 15.4 Å². The number of hydrogen-bond acceptors (Lipinski definition) is 4. The molecule has 3 rings (SSSR count). The van der Waals surface area contributed by atoms with Crippen LogP contribution in [-0.4, -0.2) is 4.92 Å². The molecule has 0 aliphatic carbocycles. The molecule has 5 nitrogen and oxygen atoms in total. The highest BCUT2D eigenvalue weighted by Crippen LogP contribution is 2.22. The van der Waals surface area contributed by atoms with Gasteiger partial charge in [0.25, 0.3) is 5.69 Å². The number of benzene rings is 3. The topological polar surface area (TPSA) is 76.2 Å². The second kappa shape index (κ2) is 8.85. The monoisotopic (exact) mass is 390 g/mol. The molecule has 0 heterocycles. The summed E-state index contributed by atoms with van der Waals surface area (Å²) in [7, 11) is 0. The maximum Gasteiger partial charge on any atom is 0.269 e. The normalized spacial score (nSPS) is 10.9. The number of nitro groups is 1. The second-order valence-electron chi connectivity index (χ2n) is 5.96. The van der Waals surface area contributed by atoms with Gasteiger partial charge in [-0.25, -0.2) is 0 Å². The van der Waals surface area contributed by atoms with Crippen molar-refractivity contribution in [3.05, 3.63) is 105 Å². The number of ether oxygens (including phenoxy) is 1. The van der Waals surface area contributed by atoms with Crippen LogP contribution < -0.4 is 4.74 Å². The third-order valence-corrected chi connectivity index (χ3v) is 4.23. The van der Waals surface area contributed by atoms with Crippen LogP contribution in [-0.2, 0) is 6.61 Å². The van der Waals surface area contributed by atoms with Crippen LogP contribution in [0.4, 0.5) is 5.69 Å². The molecule has 3 aromatic carbocycles. The lowest BCUT2D eigenvalue weighted by atomic mass is 10.0. The van der Waals surface area contributed by atoms with E-state index in [4.69, 9.17) is 16.3 Å². The van der Waals surface area contributed by atoms with E-state index < -0.39 is 4.92 Å². The Kier molecular flexibility index (Phi) is 6.05. The Hall–Kier alpha value is -3.62. The van der Waals surface area contributed by atoms with Gasteiger partial charge in [-0.05, 0) is 59.2 Å². The van der Waals surface area contributed by atoms with Gasteiger partial charge in [0.15, 0.2) is 0 Å². The summed E-state index contributed by atoms with van der Waals surface area (Å²) < 4.78 is 5.71. The van der Waals surface area contributed by atoms with Gasteiger partial charge in [-0.15, -0.1) is 0 Å². The summed E-state index contributed by atoms with van der Waals surface area (Å²) in [6.07, 6.45) is 1.78. The van der Waals surface area contributed by atoms with E-state index in [1.165, 1.54) is 12.1 Å². The number of nitrogens with zero attached hydrogens (tertiary/aromatic N) is 2. The SMILES string of the molecule is N#C/C(=C/c1ccc(OCc2ccc([N+](=O)[O-])cc2)cc1)c1cccc(Cl)c1. The first-order valence-electron chi connectivity index (χ1n) is 8.39. The Morgan fingerprint density at radius 1 is 1.11 bits per heavy atom. The van der Waals surface area contributed by atoms with E-state index in [1.54, 1.807) is 36.4 Å². The van der Waals surface area contributed by atoms with Crippen LogP contribution in [0.25, 0.3) is 11.6 Å². The highest BCUT2D eigenvalue weighted by molar-refractivity contribution is 6.30. The molecule has 0 radical (unpaired) electrons. The largest absolute Gasteiger partial charge is 0.489 e. The molecule has 0 spiro atoms. The summed E-state index contributed by atoms with van der Waals surface area (Å²) in [5.74, 6) is 0.664. The first-order chi connectivity index (χ1) is 13.5. The van der Waals surface area contributed by atoms with Gasteiger partial charge >= 0.3 is 0 Å². The van der Waals surface area contributed by atoms with Crippen molar-refractivity contribution in [3.8, 4) is 11.8 Å². The molecule has 0 aliphatic rings. The minimum Gasteiger partial charge on any atom is -0.489 e. The molecule has 0 saturated heterocycles. The fraction of sp³-hybridized carbons (Fsp3) is 0.0455. The highest BCUT2D eigenvalue weighted by Gasteiger charge is 2.05. The second-order valence-corrected chi connectivity index (χ2v) is 6.40. The van der Waals surface area contributed by atoms with Crippen LogP contribution in [0.15, 0.2) is 72.8 Å². The van der Waals surface area contributed by atoms with E-state index in [1.807, 2.05) is 30.3 Å². The molecule has 0 fully saturated rings. The van der Waals surface area contributed by atoms with Crippen molar-refractivity contribution < 1.29 is 9.66 Å². The molecule has 0 atom stereocenters. The summed E-state index contributed by atoms with van der Waals surface area (Å²) >= 11 is 5.99. The summed E-state index contributed by atoms with van der Waals surface area (Å²) in [6, 6.07) is 22.9. The zero-order valence-electron chi connectivity index (χ0n) is 14.7. The van der Waals surface area contributed by atoms with E-state index in [0.29, 0.717) is 23.0 Å². The summed E-state index contributed by atoms with van der Waals surface area (Å²) in [5.41, 5.74) is 3.02. The Morgan fingerprint density at radius 3 is 2.43 bits per heavy atom. The number of nitro benzene ring substituents is 1. The molecule has 0 saturated carbocycles. The van der Waals surface area contributed by atoms with Crippen LogP contribution in [0, 0.1) is 21.4 Å². The molecule has 0 N–H and O–H groups in total. The van der Waals surface area contributed by atoms with Gasteiger partial charge in [0, 0.05) is 17.2 Å². The number of hydrogen-bond donors (Lipinski definition) is 0. The summed E-state index contributed by atoms with van der Waals surface area (Å²) in [4.78, 5) is 10.2. The van der Waals surface area contributed by atoms with Gasteiger partial charge in [0.05, 0.1) is 16.6 Å². The lowest BCUT2D eigenvalue weighted by molar-refractivity contribution is -0.384. The van der Waals surface area contributed by atoms with Crippen molar-refractivity contribution in [1.29, 1.82) is 5.26 Å². The minimum atomic E-state index is -0.435. The van der Waals surface area contributed by atoms with Gasteiger partial charge in [-0.2, -0.15) is 5.26 Å². The van der Waals surface area contributed by atoms with Gasteiger partial charge in [-0.1, -0.05) is 35.9 Å². The molecule has 0 aliphatic heterocycles. The van der Waals surface area contributed by atoms with E-state index in [0.717, 1.165) is 16.7 Å². The predicted octanol–water partition coefficient (Wildman–Crippen LogP) is 5.89. The van der Waals surface area contributed by atoms with Crippen LogP contribution in [0.3, 0.4) is 0 Å². The quantitative estimate of drug-likeness (QED) is 0.227. The molecule has 3 aromatic rings. The Labute approximate surface area is 167 Å². The summed E-state index contributed by atoms with van der Waals surface area (Å²) in [6.45, 7) is 0.305. The molecule has 0 amide bonds. The van der Waals surface area contributed by atoms with Crippen molar-refractivity contribution in [1.82, 2.24) is 0 Å². The number of non-ortho nitro benzene ring substituents is 1. The van der Waals surface area contributed by atoms with E-state index >= 15 is 0 Å². The van der Waals surface area contributed by atoms with Crippen molar-refractivity contribution in [2.75, 3.05) is 0 Å². The van der Waals surface area contributed by atoms with Crippen molar-refractivity contribution in [2.45, 2.75) is 6.61 Å². The van der Waals surface area contributed by atoms with Gasteiger partial charge in [-0.3, -0.25) is 10.1 Å². The number of rotatable bonds is 6. The third-order valence-electron chi connectivity index (χ3n) is 4.00. The van der Waals surface area contributed by atoms with Crippen LogP contribution in [0.5, 0.6) is 5.75 Å². The predicted molar refractivity (Wildman–Crippen MR) is 109 cm³/mol. The lowest BCUT2D eigenvalue weighted by Gasteiger charge is -2.07. The maximum absolute atomic E-state index is 10.7. The van der Waals surface area contributed by atoms with E-state index in [2.05, 4.69) is 6.07 Å². The van der Waals surface area contributed by atoms with Crippen LogP contribution in [0.1, 0.15) is 16.7 Å². The molecule has 138 valence electrons. The van der Waals surface area contributed by atoms with Crippen LogP contribution >= 0.6 is 11.6 Å². The average Bonchev–Trinajstić information content (AvgIpc) is 2.71. The highest BCUT2D eigenvalue weighted by atomic mass is 35.5. The fourth-order valence-corrected chi connectivity index (χ4v) is 2.73. The van der Waals surface area contributed by atoms with E-state index in [-0.39, 0.29) is 5.69 Å². The molecular formula is C22H15ClN2O3. The first-order valence-corrected chi connectivity index (χ1v) is 8.77. The maximum atomic E-state index is 10.7. The summed E-state index contributed by atoms with van der Waals surface area (Å²) in [5, 5.41) is 20.7. The Balaban J connectivity index is 1.67. The molecule has 0 aromatic heterocycles.